The van der Waals surface area contributed by atoms with Gasteiger partial charge in [0.05, 0.1) is 6.54 Å². The highest BCUT2D eigenvalue weighted by Crippen LogP contribution is 2.24. The number of hydrogen-bond donors (Lipinski definition) is 3. The summed E-state index contributed by atoms with van der Waals surface area (Å²) in [7, 11) is 0. The highest BCUT2D eigenvalue weighted by atomic mass is 16.2. The van der Waals surface area contributed by atoms with E-state index >= 15 is 0 Å². The molecule has 0 unspecified atom stereocenters. The van der Waals surface area contributed by atoms with Crippen molar-refractivity contribution in [3.63, 3.8) is 0 Å². The molecule has 0 heterocycles. The van der Waals surface area contributed by atoms with Gasteiger partial charge in [0.15, 0.2) is 0 Å². The molecule has 3 rings (SSSR count). The zero-order valence-electron chi connectivity index (χ0n) is 19.7. The van der Waals surface area contributed by atoms with Gasteiger partial charge in [0.1, 0.15) is 0 Å². The molecular weight excluding hydrogens is 428 g/mol. The van der Waals surface area contributed by atoms with E-state index in [2.05, 4.69) is 16.0 Å². The number of carbonyl (C=O) groups excluding carboxylic acids is 3. The van der Waals surface area contributed by atoms with Gasteiger partial charge in [-0.1, -0.05) is 37.3 Å². The first-order valence-corrected chi connectivity index (χ1v) is 11.3. The topological polar surface area (TPSA) is 90.5 Å². The van der Waals surface area contributed by atoms with Gasteiger partial charge in [-0.15, -0.1) is 0 Å². The van der Waals surface area contributed by atoms with Gasteiger partial charge in [0, 0.05) is 41.3 Å². The second kappa shape index (κ2) is 11.7. The maximum absolute atomic E-state index is 13.1. The molecule has 3 aromatic carbocycles. The lowest BCUT2D eigenvalue weighted by Crippen LogP contribution is -2.30. The SMILES string of the molecule is CCC(=O)Nc1cccc(NC(=O)CNc2cccc(C(=O)N(CC)c3ccccc3)c2)c1C. The summed E-state index contributed by atoms with van der Waals surface area (Å²) in [5.74, 6) is -0.432. The largest absolute Gasteiger partial charge is 0.376 e. The summed E-state index contributed by atoms with van der Waals surface area (Å²) < 4.78 is 0. The van der Waals surface area contributed by atoms with E-state index in [1.54, 1.807) is 48.2 Å². The van der Waals surface area contributed by atoms with E-state index in [9.17, 15) is 14.4 Å². The van der Waals surface area contributed by atoms with Crippen LogP contribution in [0.3, 0.4) is 0 Å². The number of nitrogens with one attached hydrogen (secondary N) is 3. The fourth-order valence-corrected chi connectivity index (χ4v) is 3.49. The van der Waals surface area contributed by atoms with Crippen LogP contribution < -0.4 is 20.9 Å². The first-order chi connectivity index (χ1) is 16.4. The minimum atomic E-state index is -0.238. The quantitative estimate of drug-likeness (QED) is 0.418. The van der Waals surface area contributed by atoms with Crippen molar-refractivity contribution in [2.75, 3.05) is 33.9 Å². The molecule has 3 N–H and O–H groups in total. The normalized spacial score (nSPS) is 10.3. The van der Waals surface area contributed by atoms with Crippen LogP contribution >= 0.6 is 0 Å². The molecule has 176 valence electrons. The summed E-state index contributed by atoms with van der Waals surface area (Å²) in [5.41, 5.74) is 4.12. The van der Waals surface area contributed by atoms with Crippen LogP contribution in [-0.2, 0) is 9.59 Å². The third-order valence-electron chi connectivity index (χ3n) is 5.39. The maximum atomic E-state index is 13.1. The van der Waals surface area contributed by atoms with Gasteiger partial charge in [-0.05, 0) is 61.9 Å². The van der Waals surface area contributed by atoms with Gasteiger partial charge in [-0.25, -0.2) is 0 Å². The second-order valence-corrected chi connectivity index (χ2v) is 7.75. The Labute approximate surface area is 200 Å². The second-order valence-electron chi connectivity index (χ2n) is 7.75. The summed E-state index contributed by atoms with van der Waals surface area (Å²) in [5, 5.41) is 8.78. The lowest BCUT2D eigenvalue weighted by Gasteiger charge is -2.21. The standard InChI is InChI=1S/C27H30N4O3/c1-4-25(32)29-23-15-10-16-24(19(23)3)30-26(33)18-28-21-12-9-11-20(17-21)27(34)31(5-2)22-13-7-6-8-14-22/h6-17,28H,4-5,18H2,1-3H3,(H,29,32)(H,30,33). The number of rotatable bonds is 9. The Kier molecular flexibility index (Phi) is 8.40. The third-order valence-corrected chi connectivity index (χ3v) is 5.39. The Balaban J connectivity index is 1.64. The van der Waals surface area contributed by atoms with Crippen molar-refractivity contribution in [3.05, 3.63) is 83.9 Å². The molecular formula is C27H30N4O3. The lowest BCUT2D eigenvalue weighted by molar-refractivity contribution is -0.116. The van der Waals surface area contributed by atoms with Gasteiger partial charge in [-0.3, -0.25) is 14.4 Å². The highest BCUT2D eigenvalue weighted by molar-refractivity contribution is 6.06. The molecule has 7 heteroatoms. The molecule has 0 radical (unpaired) electrons. The van der Waals surface area contributed by atoms with E-state index in [0.717, 1.165) is 11.3 Å². The molecule has 0 saturated heterocycles. The van der Waals surface area contributed by atoms with Crippen molar-refractivity contribution in [2.24, 2.45) is 0 Å². The summed E-state index contributed by atoms with van der Waals surface area (Å²) in [4.78, 5) is 39.0. The molecule has 3 amide bonds. The number of nitrogens with zero attached hydrogens (tertiary/aromatic N) is 1. The number of hydrogen-bond acceptors (Lipinski definition) is 4. The molecule has 0 atom stereocenters. The van der Waals surface area contributed by atoms with Crippen molar-refractivity contribution in [1.29, 1.82) is 0 Å². The van der Waals surface area contributed by atoms with Crippen molar-refractivity contribution >= 4 is 40.5 Å². The predicted octanol–water partition coefficient (Wildman–Crippen LogP) is 5.06. The molecule has 0 spiro atoms. The minimum absolute atomic E-state index is 0.0266. The van der Waals surface area contributed by atoms with Gasteiger partial charge < -0.3 is 20.9 Å². The Morgan fingerprint density at radius 1 is 0.794 bits per heavy atom. The molecule has 3 aromatic rings. The first-order valence-electron chi connectivity index (χ1n) is 11.3. The molecule has 7 nitrogen and oxygen atoms in total. The molecule has 0 fully saturated rings. The van der Waals surface area contributed by atoms with Crippen LogP contribution in [0.15, 0.2) is 72.8 Å². The molecule has 34 heavy (non-hydrogen) atoms. The smallest absolute Gasteiger partial charge is 0.258 e. The number of anilines is 4. The Hall–Kier alpha value is -4.13. The van der Waals surface area contributed by atoms with Crippen molar-refractivity contribution in [1.82, 2.24) is 0 Å². The molecule has 0 bridgehead atoms. The van der Waals surface area contributed by atoms with E-state index in [1.165, 1.54) is 0 Å². The molecule has 0 aliphatic rings. The van der Waals surface area contributed by atoms with Gasteiger partial charge >= 0.3 is 0 Å². The van der Waals surface area contributed by atoms with Crippen LogP contribution in [0.4, 0.5) is 22.7 Å². The Bertz CT molecular complexity index is 1160. The number of amides is 3. The third kappa shape index (κ3) is 6.22. The lowest BCUT2D eigenvalue weighted by atomic mass is 10.1. The summed E-state index contributed by atoms with van der Waals surface area (Å²) in [6.07, 6.45) is 0.378. The van der Waals surface area contributed by atoms with Crippen LogP contribution in [0.25, 0.3) is 0 Å². The summed E-state index contributed by atoms with van der Waals surface area (Å²) in [6.45, 7) is 6.13. The number of carbonyl (C=O) groups is 3. The van der Waals surface area contributed by atoms with E-state index in [0.29, 0.717) is 35.6 Å². The van der Waals surface area contributed by atoms with E-state index in [1.807, 2.05) is 50.2 Å². The van der Waals surface area contributed by atoms with Gasteiger partial charge in [-0.2, -0.15) is 0 Å². The van der Waals surface area contributed by atoms with Gasteiger partial charge in [0.2, 0.25) is 11.8 Å². The Morgan fingerprint density at radius 2 is 1.44 bits per heavy atom. The van der Waals surface area contributed by atoms with E-state index in [-0.39, 0.29) is 24.3 Å². The monoisotopic (exact) mass is 458 g/mol. The van der Waals surface area contributed by atoms with E-state index in [4.69, 9.17) is 0 Å². The average molecular weight is 459 g/mol. The van der Waals surface area contributed by atoms with Crippen molar-refractivity contribution in [3.8, 4) is 0 Å². The molecule has 0 aromatic heterocycles. The average Bonchev–Trinajstić information content (AvgIpc) is 2.86. The fourth-order valence-electron chi connectivity index (χ4n) is 3.49. The minimum Gasteiger partial charge on any atom is -0.376 e. The van der Waals surface area contributed by atoms with Crippen LogP contribution in [-0.4, -0.2) is 30.8 Å². The fraction of sp³-hybridized carbons (Fsp3) is 0.222. The zero-order valence-corrected chi connectivity index (χ0v) is 19.7. The number of para-hydroxylation sites is 1. The van der Waals surface area contributed by atoms with Crippen LogP contribution in [0.2, 0.25) is 0 Å². The molecule has 0 aliphatic carbocycles. The first kappa shape index (κ1) is 24.5. The van der Waals surface area contributed by atoms with Crippen LogP contribution in [0, 0.1) is 6.92 Å². The number of benzene rings is 3. The maximum Gasteiger partial charge on any atom is 0.258 e. The van der Waals surface area contributed by atoms with Crippen molar-refractivity contribution < 1.29 is 14.4 Å². The van der Waals surface area contributed by atoms with Crippen LogP contribution in [0.5, 0.6) is 0 Å². The van der Waals surface area contributed by atoms with Crippen LogP contribution in [0.1, 0.15) is 36.2 Å². The zero-order chi connectivity index (χ0) is 24.5. The molecule has 0 aliphatic heterocycles. The molecule has 0 saturated carbocycles. The highest BCUT2D eigenvalue weighted by Gasteiger charge is 2.16. The van der Waals surface area contributed by atoms with E-state index < -0.39 is 0 Å². The Morgan fingerprint density at radius 3 is 2.09 bits per heavy atom. The summed E-state index contributed by atoms with van der Waals surface area (Å²) >= 11 is 0. The van der Waals surface area contributed by atoms with Gasteiger partial charge in [0.25, 0.3) is 5.91 Å². The van der Waals surface area contributed by atoms with Crippen molar-refractivity contribution in [2.45, 2.75) is 27.2 Å². The predicted molar refractivity (Wildman–Crippen MR) is 137 cm³/mol. The summed E-state index contributed by atoms with van der Waals surface area (Å²) in [6, 6.07) is 22.0.